The molecule has 15 unspecified atom stereocenters. The van der Waals surface area contributed by atoms with E-state index in [1.165, 1.54) is 113 Å². The average molecular weight is 644 g/mol. The van der Waals surface area contributed by atoms with Gasteiger partial charge in [0.05, 0.1) is 17.8 Å². The largest absolute Gasteiger partial charge is 0.393 e. The standard InChI is InChI=1S/C43H65NO3/c1-26-8-11-40-43(47,31-7-4-6-29(20-31)19-30-17-27(2)16-28(3)18-30)36-10-9-35-33(34(36)25-44(40)24-26)22-39-41-13-5-14-42(35,39)23-38(46)37(41)21-32(45)12-15-41/h16-18,26,29,31-40,45-47H,4-15,19-25H2,1-3H3. The van der Waals surface area contributed by atoms with Gasteiger partial charge in [-0.05, 0) is 173 Å². The van der Waals surface area contributed by atoms with Gasteiger partial charge in [-0.1, -0.05) is 55.5 Å². The van der Waals surface area contributed by atoms with Crippen molar-refractivity contribution in [2.24, 2.45) is 64.1 Å². The number of aliphatic hydroxyl groups is 3. The lowest BCUT2D eigenvalue weighted by Gasteiger charge is -2.66. The van der Waals surface area contributed by atoms with Gasteiger partial charge >= 0.3 is 0 Å². The molecule has 6 aliphatic carbocycles. The monoisotopic (exact) mass is 643 g/mol. The number of nitrogens with zero attached hydrogens (tertiary/aromatic N) is 1. The molecule has 8 fully saturated rings. The van der Waals surface area contributed by atoms with Crippen molar-refractivity contribution in [3.05, 3.63) is 34.9 Å². The number of hydrogen-bond acceptors (Lipinski definition) is 4. The van der Waals surface area contributed by atoms with Crippen molar-refractivity contribution in [1.82, 2.24) is 4.90 Å². The van der Waals surface area contributed by atoms with Gasteiger partial charge in [0.2, 0.25) is 0 Å². The van der Waals surface area contributed by atoms with Crippen molar-refractivity contribution < 1.29 is 15.3 Å². The Morgan fingerprint density at radius 2 is 1.53 bits per heavy atom. The summed E-state index contributed by atoms with van der Waals surface area (Å²) >= 11 is 0. The van der Waals surface area contributed by atoms with Gasteiger partial charge in [-0.25, -0.2) is 0 Å². The molecule has 1 spiro atoms. The molecule has 0 radical (unpaired) electrons. The van der Waals surface area contributed by atoms with Crippen LogP contribution in [0.4, 0.5) is 0 Å². The van der Waals surface area contributed by atoms with Crippen LogP contribution in [0.25, 0.3) is 0 Å². The first kappa shape index (κ1) is 32.0. The molecular weight excluding hydrogens is 578 g/mol. The maximum Gasteiger partial charge on any atom is 0.0861 e. The van der Waals surface area contributed by atoms with Gasteiger partial charge in [-0.15, -0.1) is 0 Å². The van der Waals surface area contributed by atoms with Crippen LogP contribution in [-0.2, 0) is 6.42 Å². The van der Waals surface area contributed by atoms with E-state index in [0.717, 1.165) is 43.4 Å². The minimum Gasteiger partial charge on any atom is -0.393 e. The third-order valence-corrected chi connectivity index (χ3v) is 17.3. The molecule has 4 heteroatoms. The first-order valence-electron chi connectivity index (χ1n) is 20.5. The molecule has 2 bridgehead atoms. The van der Waals surface area contributed by atoms with Gasteiger partial charge in [0.1, 0.15) is 0 Å². The Hall–Kier alpha value is -0.940. The molecule has 47 heavy (non-hydrogen) atoms. The molecule has 0 aromatic heterocycles. The Balaban J connectivity index is 1.04. The lowest BCUT2D eigenvalue weighted by Crippen LogP contribution is -2.71. The minimum absolute atomic E-state index is 0.219. The van der Waals surface area contributed by atoms with Gasteiger partial charge in [0.25, 0.3) is 0 Å². The highest BCUT2D eigenvalue weighted by molar-refractivity contribution is 5.29. The van der Waals surface area contributed by atoms with Gasteiger partial charge in [-0.3, -0.25) is 4.90 Å². The number of aliphatic hydroxyl groups excluding tert-OH is 2. The van der Waals surface area contributed by atoms with Crippen molar-refractivity contribution in [1.29, 1.82) is 0 Å². The molecule has 1 aromatic rings. The molecule has 260 valence electrons. The molecule has 8 aliphatic rings. The van der Waals surface area contributed by atoms with Crippen LogP contribution in [0.1, 0.15) is 126 Å². The van der Waals surface area contributed by atoms with Gasteiger partial charge in [-0.2, -0.15) is 0 Å². The lowest BCUT2D eigenvalue weighted by atomic mass is 9.40. The Labute approximate surface area is 285 Å². The Bertz CT molecular complexity index is 1330. The van der Waals surface area contributed by atoms with Crippen molar-refractivity contribution >= 4 is 0 Å². The number of aryl methyl sites for hydroxylation is 2. The summed E-state index contributed by atoms with van der Waals surface area (Å²) < 4.78 is 0. The van der Waals surface area contributed by atoms with Crippen molar-refractivity contribution in [2.45, 2.75) is 154 Å². The molecule has 15 atom stereocenters. The summed E-state index contributed by atoms with van der Waals surface area (Å²) in [4.78, 5) is 2.85. The molecule has 2 heterocycles. The van der Waals surface area contributed by atoms with Crippen LogP contribution in [0.2, 0.25) is 0 Å². The summed E-state index contributed by atoms with van der Waals surface area (Å²) in [6, 6.07) is 7.47. The summed E-state index contributed by atoms with van der Waals surface area (Å²) in [5, 5.41) is 36.2. The van der Waals surface area contributed by atoms with E-state index >= 15 is 0 Å². The first-order valence-corrected chi connectivity index (χ1v) is 20.5. The number of hydrogen-bond donors (Lipinski definition) is 3. The summed E-state index contributed by atoms with van der Waals surface area (Å²) in [6.45, 7) is 9.32. The highest BCUT2D eigenvalue weighted by atomic mass is 16.3. The highest BCUT2D eigenvalue weighted by Crippen LogP contribution is 2.76. The number of fused-ring (bicyclic) bond motifs is 4. The zero-order valence-electron chi connectivity index (χ0n) is 29.9. The van der Waals surface area contributed by atoms with E-state index < -0.39 is 5.60 Å². The van der Waals surface area contributed by atoms with E-state index in [-0.39, 0.29) is 17.6 Å². The molecule has 6 saturated carbocycles. The molecular formula is C43H65NO3. The smallest absolute Gasteiger partial charge is 0.0861 e. The van der Waals surface area contributed by atoms with Crippen molar-refractivity contribution in [2.75, 3.05) is 13.1 Å². The second-order valence-corrected chi connectivity index (χ2v) is 19.5. The van der Waals surface area contributed by atoms with E-state index in [1.54, 1.807) is 0 Å². The van der Waals surface area contributed by atoms with Crippen LogP contribution in [0.3, 0.4) is 0 Å². The minimum atomic E-state index is -0.564. The normalized spacial score (nSPS) is 52.5. The fraction of sp³-hybridized carbons (Fsp3) is 0.860. The van der Waals surface area contributed by atoms with E-state index in [4.69, 9.17) is 0 Å². The topological polar surface area (TPSA) is 63.9 Å². The van der Waals surface area contributed by atoms with Crippen molar-refractivity contribution in [3.8, 4) is 0 Å². The van der Waals surface area contributed by atoms with E-state index in [9.17, 15) is 15.3 Å². The average Bonchev–Trinajstić information content (AvgIpc) is 3.38. The second kappa shape index (κ2) is 11.5. The summed E-state index contributed by atoms with van der Waals surface area (Å²) in [6.07, 6.45) is 19.8. The van der Waals surface area contributed by atoms with E-state index in [0.29, 0.717) is 47.0 Å². The van der Waals surface area contributed by atoms with Crippen LogP contribution in [0.15, 0.2) is 18.2 Å². The number of benzene rings is 1. The summed E-state index contributed by atoms with van der Waals surface area (Å²) in [7, 11) is 0. The molecule has 2 saturated heterocycles. The van der Waals surface area contributed by atoms with Crippen LogP contribution < -0.4 is 0 Å². The number of rotatable bonds is 3. The predicted molar refractivity (Wildman–Crippen MR) is 188 cm³/mol. The van der Waals surface area contributed by atoms with Crippen LogP contribution in [0, 0.1) is 77.9 Å². The lowest BCUT2D eigenvalue weighted by molar-refractivity contribution is -0.224. The Morgan fingerprint density at radius 1 is 0.745 bits per heavy atom. The Morgan fingerprint density at radius 3 is 2.36 bits per heavy atom. The molecule has 9 rings (SSSR count). The van der Waals surface area contributed by atoms with Crippen LogP contribution in [0.5, 0.6) is 0 Å². The third kappa shape index (κ3) is 4.79. The fourth-order valence-corrected chi connectivity index (χ4v) is 16.1. The zero-order chi connectivity index (χ0) is 32.3. The zero-order valence-corrected chi connectivity index (χ0v) is 29.9. The molecule has 0 amide bonds. The summed E-state index contributed by atoms with van der Waals surface area (Å²) in [5.41, 5.74) is 4.26. The van der Waals surface area contributed by atoms with Crippen LogP contribution in [-0.4, -0.2) is 57.2 Å². The molecule has 3 N–H and O–H groups in total. The molecule has 2 aliphatic heterocycles. The van der Waals surface area contributed by atoms with Crippen molar-refractivity contribution in [3.63, 3.8) is 0 Å². The van der Waals surface area contributed by atoms with Gasteiger partial charge < -0.3 is 15.3 Å². The second-order valence-electron chi connectivity index (χ2n) is 19.5. The maximum atomic E-state index is 13.7. The van der Waals surface area contributed by atoms with Gasteiger partial charge in [0, 0.05) is 19.1 Å². The molecule has 1 aromatic carbocycles. The first-order chi connectivity index (χ1) is 22.6. The van der Waals surface area contributed by atoms with Gasteiger partial charge in [0.15, 0.2) is 0 Å². The van der Waals surface area contributed by atoms with Crippen LogP contribution >= 0.6 is 0 Å². The fourth-order valence-electron chi connectivity index (χ4n) is 16.1. The maximum absolute atomic E-state index is 13.7. The highest BCUT2D eigenvalue weighted by Gasteiger charge is 2.72. The Kier molecular flexibility index (Phi) is 7.86. The molecule has 4 nitrogen and oxygen atoms in total. The number of piperidine rings is 2. The van der Waals surface area contributed by atoms with E-state index in [2.05, 4.69) is 43.9 Å². The third-order valence-electron chi connectivity index (χ3n) is 17.3. The summed E-state index contributed by atoms with van der Waals surface area (Å²) in [5.74, 6) is 5.30. The van der Waals surface area contributed by atoms with E-state index in [1.807, 2.05) is 0 Å². The quantitative estimate of drug-likeness (QED) is 0.314. The predicted octanol–water partition coefficient (Wildman–Crippen LogP) is 7.86. The SMILES string of the molecule is Cc1cc(C)cc(CC2CCCC(C3(O)C4CCC5C(CC6C78CCCC56CC(O)C7CC(O)CC8)C4CN4CC(C)CCC43)C2)c1.